The van der Waals surface area contributed by atoms with Crippen molar-refractivity contribution >= 4 is 13.2 Å². The van der Waals surface area contributed by atoms with Crippen LogP contribution in [0.2, 0.25) is 0 Å². The quantitative estimate of drug-likeness (QED) is 0.620. The lowest BCUT2D eigenvalue weighted by molar-refractivity contribution is 0.00578. The number of allylic oxidation sites excluding steroid dienone is 2. The molecule has 1 aromatic rings. The lowest BCUT2D eigenvalue weighted by atomic mass is 9.79. The number of hydrogen-bond donors (Lipinski definition) is 0. The fourth-order valence-electron chi connectivity index (χ4n) is 3.21. The molecule has 2 nitrogen and oxygen atoms in total. The van der Waals surface area contributed by atoms with Crippen LogP contribution in [0.25, 0.3) is 6.08 Å². The predicted octanol–water partition coefficient (Wildman–Crippen LogP) is 5.78. The van der Waals surface area contributed by atoms with Crippen LogP contribution in [0.4, 0.5) is 13.2 Å². The molecule has 0 unspecified atom stereocenters. The van der Waals surface area contributed by atoms with Gasteiger partial charge in [-0.15, -0.1) is 0 Å². The molecule has 0 atom stereocenters. The fourth-order valence-corrected chi connectivity index (χ4v) is 3.21. The first-order chi connectivity index (χ1) is 12.1. The third-order valence-electron chi connectivity index (χ3n) is 5.61. The maximum Gasteiger partial charge on any atom is 0.525 e. The van der Waals surface area contributed by atoms with Gasteiger partial charge in [0.2, 0.25) is 0 Å². The van der Waals surface area contributed by atoms with E-state index in [2.05, 4.69) is 0 Å². The third-order valence-corrected chi connectivity index (χ3v) is 5.61. The first-order valence-electron chi connectivity index (χ1n) is 8.96. The van der Waals surface area contributed by atoms with Crippen LogP contribution in [0.15, 0.2) is 35.1 Å². The summed E-state index contributed by atoms with van der Waals surface area (Å²) in [6, 6.07) is 3.39. The molecule has 0 amide bonds. The smallest absolute Gasteiger partial charge is 0.398 e. The molecule has 1 aliphatic carbocycles. The van der Waals surface area contributed by atoms with E-state index >= 15 is 0 Å². The highest BCUT2D eigenvalue weighted by atomic mass is 19.1. The van der Waals surface area contributed by atoms with Crippen molar-refractivity contribution in [3.8, 4) is 0 Å². The van der Waals surface area contributed by atoms with Gasteiger partial charge in [-0.05, 0) is 77.2 Å². The Morgan fingerprint density at radius 2 is 1.58 bits per heavy atom. The Hall–Kier alpha value is -1.53. The molecule has 0 spiro atoms. The van der Waals surface area contributed by atoms with Crippen molar-refractivity contribution in [1.29, 1.82) is 0 Å². The Morgan fingerprint density at radius 3 is 2.15 bits per heavy atom. The minimum Gasteiger partial charge on any atom is -0.398 e. The molecule has 0 bridgehead atoms. The molecule has 140 valence electrons. The standard InChI is InChI=1S/C20H24BF3O2/c1-19(2)20(3,4)26-21(25-19)18(24)14-7-5-13(6-8-14)11-15-12-16(22)9-10-17(15)23/h9-12H,5-8H2,1-4H3. The van der Waals surface area contributed by atoms with Gasteiger partial charge in [0.25, 0.3) is 0 Å². The van der Waals surface area contributed by atoms with E-state index in [9.17, 15) is 13.2 Å². The predicted molar refractivity (Wildman–Crippen MR) is 97.0 cm³/mol. The zero-order chi connectivity index (χ0) is 19.1. The second-order valence-corrected chi connectivity index (χ2v) is 8.01. The van der Waals surface area contributed by atoms with Crippen LogP contribution in [0.1, 0.15) is 58.9 Å². The highest BCUT2D eigenvalue weighted by Crippen LogP contribution is 2.41. The summed E-state index contributed by atoms with van der Waals surface area (Å²) in [6.07, 6.45) is 3.94. The summed E-state index contributed by atoms with van der Waals surface area (Å²) in [5.41, 5.74) is 0.396. The summed E-state index contributed by atoms with van der Waals surface area (Å²) in [4.78, 5) is 0. The summed E-state index contributed by atoms with van der Waals surface area (Å²) in [5.74, 6) is -0.926. The molecule has 1 saturated heterocycles. The molecule has 1 aliphatic heterocycles. The minimum atomic E-state index is -0.971. The summed E-state index contributed by atoms with van der Waals surface area (Å²) < 4.78 is 53.4. The van der Waals surface area contributed by atoms with Gasteiger partial charge in [0.15, 0.2) is 0 Å². The van der Waals surface area contributed by atoms with E-state index in [-0.39, 0.29) is 11.3 Å². The number of benzene rings is 1. The van der Waals surface area contributed by atoms with Crippen molar-refractivity contribution in [2.75, 3.05) is 0 Å². The molecular weight excluding hydrogens is 340 g/mol. The van der Waals surface area contributed by atoms with Crippen molar-refractivity contribution in [3.05, 3.63) is 52.3 Å². The van der Waals surface area contributed by atoms with Crippen molar-refractivity contribution in [2.24, 2.45) is 0 Å². The van der Waals surface area contributed by atoms with Gasteiger partial charge < -0.3 is 9.31 Å². The summed E-state index contributed by atoms with van der Waals surface area (Å²) >= 11 is 0. The summed E-state index contributed by atoms with van der Waals surface area (Å²) in [7, 11) is -0.971. The number of rotatable bonds is 2. The molecule has 2 fully saturated rings. The Labute approximate surface area is 153 Å². The van der Waals surface area contributed by atoms with Gasteiger partial charge in [-0.25, -0.2) is 13.2 Å². The molecule has 0 aromatic heterocycles. The van der Waals surface area contributed by atoms with E-state index in [0.717, 1.165) is 17.7 Å². The van der Waals surface area contributed by atoms with Crippen molar-refractivity contribution in [1.82, 2.24) is 0 Å². The van der Waals surface area contributed by atoms with Crippen LogP contribution in [0.3, 0.4) is 0 Å². The van der Waals surface area contributed by atoms with Crippen LogP contribution < -0.4 is 0 Å². The monoisotopic (exact) mass is 364 g/mol. The van der Waals surface area contributed by atoms with Gasteiger partial charge >= 0.3 is 7.12 Å². The topological polar surface area (TPSA) is 18.5 Å². The molecule has 0 radical (unpaired) electrons. The molecule has 6 heteroatoms. The SMILES string of the molecule is CC1(C)OB(C(F)=C2CCC(=Cc3cc(F)ccc3F)CC2)OC1(C)C. The van der Waals surface area contributed by atoms with E-state index in [4.69, 9.17) is 9.31 Å². The first kappa shape index (κ1) is 19.2. The molecular formula is C20H24BF3O2. The van der Waals surface area contributed by atoms with Gasteiger partial charge in [-0.1, -0.05) is 11.6 Å². The fraction of sp³-hybridized carbons (Fsp3) is 0.500. The maximum absolute atomic E-state index is 14.9. The van der Waals surface area contributed by atoms with Crippen LogP contribution in [-0.2, 0) is 9.31 Å². The average Bonchev–Trinajstić information content (AvgIpc) is 2.79. The largest absolute Gasteiger partial charge is 0.525 e. The Morgan fingerprint density at radius 1 is 1.00 bits per heavy atom. The van der Waals surface area contributed by atoms with E-state index in [1.807, 2.05) is 27.7 Å². The minimum absolute atomic E-state index is 0.235. The lowest BCUT2D eigenvalue weighted by Gasteiger charge is -2.32. The van der Waals surface area contributed by atoms with Crippen molar-refractivity contribution in [3.63, 3.8) is 0 Å². The molecule has 0 N–H and O–H groups in total. The van der Waals surface area contributed by atoms with Gasteiger partial charge in [0.05, 0.1) is 11.2 Å². The van der Waals surface area contributed by atoms with E-state index in [1.54, 1.807) is 6.08 Å². The molecule has 26 heavy (non-hydrogen) atoms. The third kappa shape index (κ3) is 3.76. The van der Waals surface area contributed by atoms with Crippen LogP contribution >= 0.6 is 0 Å². The highest BCUT2D eigenvalue weighted by Gasteiger charge is 2.53. The Balaban J connectivity index is 1.71. The van der Waals surface area contributed by atoms with Gasteiger partial charge in [-0.2, -0.15) is 0 Å². The van der Waals surface area contributed by atoms with E-state index in [1.165, 1.54) is 6.07 Å². The molecule has 1 aromatic carbocycles. The summed E-state index contributed by atoms with van der Waals surface area (Å²) in [5, 5.41) is 0. The number of hydrogen-bond acceptors (Lipinski definition) is 2. The molecule has 2 aliphatic rings. The zero-order valence-corrected chi connectivity index (χ0v) is 15.7. The maximum atomic E-state index is 14.9. The second-order valence-electron chi connectivity index (χ2n) is 8.01. The lowest BCUT2D eigenvalue weighted by Crippen LogP contribution is -2.41. The van der Waals surface area contributed by atoms with Gasteiger partial charge in [0.1, 0.15) is 17.4 Å². The average molecular weight is 364 g/mol. The molecule has 1 saturated carbocycles. The molecule has 3 rings (SSSR count). The molecule has 1 heterocycles. The normalized spacial score (nSPS) is 21.9. The summed E-state index contributed by atoms with van der Waals surface area (Å²) in [6.45, 7) is 7.56. The van der Waals surface area contributed by atoms with Crippen molar-refractivity contribution < 1.29 is 22.5 Å². The first-order valence-corrected chi connectivity index (χ1v) is 8.96. The second kappa shape index (κ2) is 6.89. The van der Waals surface area contributed by atoms with Crippen LogP contribution in [0.5, 0.6) is 0 Å². The van der Waals surface area contributed by atoms with Crippen molar-refractivity contribution in [2.45, 2.75) is 64.6 Å². The Kier molecular flexibility index (Phi) is 5.10. The van der Waals surface area contributed by atoms with E-state index in [0.29, 0.717) is 31.3 Å². The van der Waals surface area contributed by atoms with E-state index < -0.39 is 30.0 Å². The van der Waals surface area contributed by atoms with Crippen LogP contribution in [0, 0.1) is 11.6 Å². The number of halogens is 3. The Bertz CT molecular complexity index is 740. The van der Waals surface area contributed by atoms with Gasteiger partial charge in [0, 0.05) is 5.56 Å². The van der Waals surface area contributed by atoms with Gasteiger partial charge in [-0.3, -0.25) is 0 Å². The highest BCUT2D eigenvalue weighted by molar-refractivity contribution is 6.53. The zero-order valence-electron chi connectivity index (χ0n) is 15.7. The van der Waals surface area contributed by atoms with Crippen LogP contribution in [-0.4, -0.2) is 18.3 Å².